The molecule has 0 radical (unpaired) electrons. The summed E-state index contributed by atoms with van der Waals surface area (Å²) in [5, 5.41) is 0. The molecule has 0 aromatic heterocycles. The number of halogens is 6. The molecule has 8 heteroatoms. The molecular formula is HCl6KOs. The van der Waals surface area contributed by atoms with Gasteiger partial charge in [-0.1, -0.05) is 0 Å². The van der Waals surface area contributed by atoms with Crippen molar-refractivity contribution < 1.29 is 59.5 Å². The van der Waals surface area contributed by atoms with Gasteiger partial charge in [0.2, 0.25) is 0 Å². The number of rotatable bonds is 0. The summed E-state index contributed by atoms with van der Waals surface area (Å²) < 4.78 is 0. The van der Waals surface area contributed by atoms with Crippen molar-refractivity contribution in [1.82, 2.24) is 0 Å². The Hall–Kier alpha value is 4.01. The molecule has 52 valence electrons. The molecule has 0 spiro atoms. The Balaban J connectivity index is -0.000000180. The van der Waals surface area contributed by atoms with Crippen molar-refractivity contribution in [2.75, 3.05) is 0 Å². The third-order valence-electron chi connectivity index (χ3n) is 0. The molecule has 0 aliphatic heterocycles. The fraction of sp³-hybridized carbons (Fsp3) is 0. The first-order chi connectivity index (χ1) is 2.45. The van der Waals surface area contributed by atoms with Crippen molar-refractivity contribution in [3.05, 3.63) is 0 Å². The molecule has 0 heterocycles. The summed E-state index contributed by atoms with van der Waals surface area (Å²) in [6, 6.07) is 0. The van der Waals surface area contributed by atoms with E-state index in [1.165, 1.54) is 0 Å². The van der Waals surface area contributed by atoms with Crippen LogP contribution in [-0.2, 0) is 6.64 Å². The standard InChI is InChI=1S/6ClH.K.Os.H/h6*1H;;;/q;;;;;;+1;+6;-1/p-6. The monoisotopic (exact) mass is 442 g/mol. The molecule has 0 N–H and O–H groups in total. The molecule has 0 fully saturated rings. The predicted molar refractivity (Wildman–Crippen MR) is 36.2 cm³/mol. The normalized spacial score (nSPS) is 20.2. The Kier molecular flexibility index (Phi) is 5.55. The van der Waals surface area contributed by atoms with E-state index < -0.39 is 6.64 Å². The summed E-state index contributed by atoms with van der Waals surface area (Å²) in [4.78, 5) is 0. The molecule has 0 nitrogen and oxygen atoms in total. The summed E-state index contributed by atoms with van der Waals surface area (Å²) in [5.74, 6) is 0. The van der Waals surface area contributed by atoms with Crippen molar-refractivity contribution >= 4 is 57.8 Å². The van der Waals surface area contributed by atoms with Gasteiger partial charge in [0.05, 0.1) is 0 Å². The molecule has 0 atom stereocenters. The number of hydrogen-bond donors (Lipinski definition) is 0. The van der Waals surface area contributed by atoms with Crippen LogP contribution in [0.25, 0.3) is 0 Å². The summed E-state index contributed by atoms with van der Waals surface area (Å²) in [5.41, 5.74) is 0. The van der Waals surface area contributed by atoms with Crippen LogP contribution in [0, 0.1) is 0 Å². The van der Waals surface area contributed by atoms with Gasteiger partial charge in [-0.05, 0) is 0 Å². The number of hydrogen-bond acceptors (Lipinski definition) is 0. The van der Waals surface area contributed by atoms with Gasteiger partial charge in [0, 0.05) is 0 Å². The maximum atomic E-state index is 5.06. The molecule has 0 aliphatic rings. The van der Waals surface area contributed by atoms with E-state index in [1.54, 1.807) is 0 Å². The molecule has 0 saturated heterocycles. The average Bonchev–Trinajstić information content (AvgIpc) is 0.592. The second kappa shape index (κ2) is 3.05. The second-order valence-electron chi connectivity index (χ2n) is 0.758. The zero-order valence-electron chi connectivity index (χ0n) is 4.62. The van der Waals surface area contributed by atoms with E-state index in [4.69, 9.17) is 57.8 Å². The average molecular weight is 443 g/mol. The Morgan fingerprint density at radius 3 is 0.750 bits per heavy atom. The van der Waals surface area contributed by atoms with Gasteiger partial charge in [-0.3, -0.25) is 0 Å². The fourth-order valence-electron chi connectivity index (χ4n) is 0. The van der Waals surface area contributed by atoms with Crippen LogP contribution in [0.4, 0.5) is 0 Å². The van der Waals surface area contributed by atoms with Crippen LogP contribution < -0.4 is 51.4 Å². The second-order valence-corrected chi connectivity index (χ2v) is 55.8. The molecule has 0 unspecified atom stereocenters. The van der Waals surface area contributed by atoms with Crippen LogP contribution in [0.5, 0.6) is 0 Å². The SMILES string of the molecule is [Cl][Os]([Cl])([Cl])([Cl])([Cl])[Cl].[H-].[K+]. The summed E-state index contributed by atoms with van der Waals surface area (Å²) in [6.07, 6.45) is 0. The molecule has 8 heavy (non-hydrogen) atoms. The minimum absolute atomic E-state index is 0. The van der Waals surface area contributed by atoms with Gasteiger partial charge in [-0.2, -0.15) is 0 Å². The summed E-state index contributed by atoms with van der Waals surface area (Å²) in [7, 11) is 30.4. The van der Waals surface area contributed by atoms with Crippen molar-refractivity contribution in [2.24, 2.45) is 0 Å². The van der Waals surface area contributed by atoms with Crippen LogP contribution in [0.15, 0.2) is 0 Å². The van der Waals surface area contributed by atoms with Crippen LogP contribution in [-0.4, -0.2) is 0 Å². The maximum absolute atomic E-state index is 5.38. The van der Waals surface area contributed by atoms with E-state index >= 15 is 0 Å². The smallest absolute Gasteiger partial charge is 1.00 e. The van der Waals surface area contributed by atoms with E-state index in [2.05, 4.69) is 0 Å². The van der Waals surface area contributed by atoms with Crippen molar-refractivity contribution in [3.8, 4) is 0 Å². The van der Waals surface area contributed by atoms with E-state index in [0.717, 1.165) is 0 Å². The Morgan fingerprint density at radius 2 is 0.750 bits per heavy atom. The first-order valence-electron chi connectivity index (χ1n) is 0.802. The molecule has 0 aliphatic carbocycles. The quantitative estimate of drug-likeness (QED) is 0.495. The third kappa shape index (κ3) is 50.5. The van der Waals surface area contributed by atoms with Crippen LogP contribution in [0.2, 0.25) is 0 Å². The van der Waals surface area contributed by atoms with E-state index in [1.807, 2.05) is 0 Å². The summed E-state index contributed by atoms with van der Waals surface area (Å²) >= 11 is 0. The van der Waals surface area contributed by atoms with Gasteiger partial charge in [0.1, 0.15) is 0 Å². The minimum Gasteiger partial charge on any atom is -1.00 e. The van der Waals surface area contributed by atoms with E-state index in [-0.39, 0.29) is 52.8 Å². The fourth-order valence-corrected chi connectivity index (χ4v) is 0. The topological polar surface area (TPSA) is 0 Å². The van der Waals surface area contributed by atoms with Gasteiger partial charge < -0.3 is 1.43 Å². The molecule has 0 saturated carbocycles. The maximum Gasteiger partial charge on any atom is 1.00 e. The Bertz CT molecular complexity index is 71.6. The summed E-state index contributed by atoms with van der Waals surface area (Å²) in [6.45, 7) is -5.38. The molecule has 0 amide bonds. The van der Waals surface area contributed by atoms with Crippen LogP contribution >= 0.6 is 57.8 Å². The largest absolute Gasteiger partial charge is 1.00 e. The Labute approximate surface area is 114 Å². The zero-order chi connectivity index (χ0) is 6.41. The predicted octanol–water partition coefficient (Wildman–Crippen LogP) is 1.25. The molecule has 0 aromatic rings. The van der Waals surface area contributed by atoms with Crippen LogP contribution in [0.3, 0.4) is 0 Å². The molecule has 0 aromatic carbocycles. The van der Waals surface area contributed by atoms with Gasteiger partial charge in [0.15, 0.2) is 0 Å². The van der Waals surface area contributed by atoms with Crippen molar-refractivity contribution in [2.45, 2.75) is 0 Å². The van der Waals surface area contributed by atoms with E-state index in [9.17, 15) is 0 Å². The van der Waals surface area contributed by atoms with Gasteiger partial charge in [-0.25, -0.2) is 0 Å². The minimum atomic E-state index is -5.38. The van der Waals surface area contributed by atoms with Crippen molar-refractivity contribution in [3.63, 3.8) is 0 Å². The van der Waals surface area contributed by atoms with E-state index in [0.29, 0.717) is 0 Å². The first kappa shape index (κ1) is 14.5. The van der Waals surface area contributed by atoms with Crippen LogP contribution in [0.1, 0.15) is 1.43 Å². The van der Waals surface area contributed by atoms with Crippen molar-refractivity contribution in [1.29, 1.82) is 0 Å². The molecule has 0 rings (SSSR count). The zero-order valence-corrected chi connectivity index (χ0v) is 13.8. The van der Waals surface area contributed by atoms with Gasteiger partial charge in [0.25, 0.3) is 0 Å². The third-order valence-corrected chi connectivity index (χ3v) is 0. The van der Waals surface area contributed by atoms with Gasteiger partial charge in [-0.15, -0.1) is 0 Å². The Morgan fingerprint density at radius 1 is 0.750 bits per heavy atom. The molecular weight excluding hydrogens is 442 g/mol. The molecule has 0 bridgehead atoms. The van der Waals surface area contributed by atoms with Gasteiger partial charge >= 0.3 is 116 Å². The first-order valence-corrected chi connectivity index (χ1v) is 19.7.